The highest BCUT2D eigenvalue weighted by atomic mass is 32.2. The van der Waals surface area contributed by atoms with Crippen molar-refractivity contribution >= 4 is 9.84 Å². The van der Waals surface area contributed by atoms with Crippen molar-refractivity contribution < 1.29 is 8.42 Å². The average Bonchev–Trinajstić information content (AvgIpc) is 2.56. The van der Waals surface area contributed by atoms with Gasteiger partial charge in [0.25, 0.3) is 0 Å². The quantitative estimate of drug-likeness (QED) is 0.843. The Balaban J connectivity index is 1.76. The Kier molecular flexibility index (Phi) is 3.83. The summed E-state index contributed by atoms with van der Waals surface area (Å²) in [4.78, 5) is 0. The zero-order valence-corrected chi connectivity index (χ0v) is 11.9. The summed E-state index contributed by atoms with van der Waals surface area (Å²) in [5.41, 5.74) is 0.417. The third-order valence-corrected chi connectivity index (χ3v) is 6.30. The predicted octanol–water partition coefficient (Wildman–Crippen LogP) is 1.98. The molecule has 1 aliphatic heterocycles. The first kappa shape index (κ1) is 13.3. The molecule has 0 spiro atoms. The van der Waals surface area contributed by atoms with Gasteiger partial charge < -0.3 is 5.32 Å². The first-order valence-corrected chi connectivity index (χ1v) is 8.65. The van der Waals surface area contributed by atoms with Crippen molar-refractivity contribution in [2.45, 2.75) is 52.0 Å². The van der Waals surface area contributed by atoms with Gasteiger partial charge in [0.15, 0.2) is 0 Å². The van der Waals surface area contributed by atoms with Crippen LogP contribution in [0.15, 0.2) is 0 Å². The molecule has 2 aliphatic rings. The predicted molar refractivity (Wildman–Crippen MR) is 70.8 cm³/mol. The molecule has 4 heteroatoms. The highest BCUT2D eigenvalue weighted by molar-refractivity contribution is 7.91. The number of rotatable bonds is 3. The maximum absolute atomic E-state index is 11.3. The number of nitrogens with one attached hydrogen (secondary N) is 1. The second kappa shape index (κ2) is 4.88. The molecule has 1 atom stereocenters. The van der Waals surface area contributed by atoms with Crippen molar-refractivity contribution in [3.8, 4) is 0 Å². The second-order valence-electron chi connectivity index (χ2n) is 6.44. The summed E-state index contributed by atoms with van der Waals surface area (Å²) in [5, 5.41) is 3.67. The second-order valence-corrected chi connectivity index (χ2v) is 8.74. The van der Waals surface area contributed by atoms with Crippen LogP contribution < -0.4 is 5.32 Å². The highest BCUT2D eigenvalue weighted by Gasteiger charge is 2.34. The van der Waals surface area contributed by atoms with Gasteiger partial charge in [0.1, 0.15) is 9.84 Å². The van der Waals surface area contributed by atoms with E-state index in [0.29, 0.717) is 28.9 Å². The summed E-state index contributed by atoms with van der Waals surface area (Å²) in [6.45, 7) is 5.68. The van der Waals surface area contributed by atoms with Crippen LogP contribution in [0.3, 0.4) is 0 Å². The Labute approximate surface area is 105 Å². The van der Waals surface area contributed by atoms with Gasteiger partial charge in [0.05, 0.1) is 11.5 Å². The van der Waals surface area contributed by atoms with Gasteiger partial charge in [-0.1, -0.05) is 20.3 Å². The molecule has 0 aromatic heterocycles. The van der Waals surface area contributed by atoms with Crippen LogP contribution in [-0.4, -0.2) is 32.5 Å². The maximum Gasteiger partial charge on any atom is 0.150 e. The summed E-state index contributed by atoms with van der Waals surface area (Å²) in [5.74, 6) is 1.36. The molecular weight excluding hydrogens is 234 g/mol. The van der Waals surface area contributed by atoms with E-state index in [4.69, 9.17) is 0 Å². The van der Waals surface area contributed by atoms with Crippen LogP contribution in [0.5, 0.6) is 0 Å². The fourth-order valence-corrected chi connectivity index (χ4v) is 4.75. The molecule has 2 rings (SSSR count). The lowest BCUT2D eigenvalue weighted by Crippen LogP contribution is -2.41. The molecule has 1 saturated heterocycles. The minimum absolute atomic E-state index is 0.396. The monoisotopic (exact) mass is 259 g/mol. The largest absolute Gasteiger partial charge is 0.313 e. The van der Waals surface area contributed by atoms with Gasteiger partial charge in [-0.05, 0) is 43.6 Å². The van der Waals surface area contributed by atoms with Crippen molar-refractivity contribution in [3.63, 3.8) is 0 Å². The third-order valence-electron chi connectivity index (χ3n) is 4.58. The molecule has 1 aliphatic carbocycles. The zero-order valence-electron chi connectivity index (χ0n) is 11.0. The van der Waals surface area contributed by atoms with Gasteiger partial charge in [0, 0.05) is 6.04 Å². The minimum atomic E-state index is -2.70. The lowest BCUT2D eigenvalue weighted by molar-refractivity contribution is 0.267. The van der Waals surface area contributed by atoms with Crippen LogP contribution in [0.1, 0.15) is 46.0 Å². The van der Waals surface area contributed by atoms with Gasteiger partial charge in [-0.3, -0.25) is 0 Å². The molecule has 100 valence electrons. The first-order valence-electron chi connectivity index (χ1n) is 6.83. The third kappa shape index (κ3) is 3.44. The minimum Gasteiger partial charge on any atom is -0.313 e. The summed E-state index contributed by atoms with van der Waals surface area (Å²) >= 11 is 0. The van der Waals surface area contributed by atoms with E-state index in [1.807, 2.05) is 0 Å². The topological polar surface area (TPSA) is 46.2 Å². The van der Waals surface area contributed by atoms with E-state index in [9.17, 15) is 8.42 Å². The maximum atomic E-state index is 11.3. The normalized spacial score (nSPS) is 32.7. The standard InChI is InChI=1S/C13H25NO2S/c1-13(2)7-3-4-12(13)14-10-11-5-8-17(15,16)9-6-11/h11-12,14H,3-10H2,1-2H3/t12-/m0/s1. The molecule has 0 aromatic carbocycles. The van der Waals surface area contributed by atoms with Crippen molar-refractivity contribution in [2.24, 2.45) is 11.3 Å². The van der Waals surface area contributed by atoms with E-state index in [1.54, 1.807) is 0 Å². The fourth-order valence-electron chi connectivity index (χ4n) is 3.16. The van der Waals surface area contributed by atoms with E-state index < -0.39 is 9.84 Å². The van der Waals surface area contributed by atoms with Gasteiger partial charge in [0.2, 0.25) is 0 Å². The van der Waals surface area contributed by atoms with Crippen LogP contribution in [0, 0.1) is 11.3 Å². The van der Waals surface area contributed by atoms with Crippen LogP contribution in [-0.2, 0) is 9.84 Å². The van der Waals surface area contributed by atoms with Crippen LogP contribution in [0.4, 0.5) is 0 Å². The number of hydrogen-bond acceptors (Lipinski definition) is 3. The fraction of sp³-hybridized carbons (Fsp3) is 1.00. The van der Waals surface area contributed by atoms with Crippen molar-refractivity contribution in [1.82, 2.24) is 5.32 Å². The molecule has 2 fully saturated rings. The van der Waals surface area contributed by atoms with Gasteiger partial charge in [-0.2, -0.15) is 0 Å². The molecule has 17 heavy (non-hydrogen) atoms. The van der Waals surface area contributed by atoms with E-state index in [1.165, 1.54) is 19.3 Å². The molecule has 0 radical (unpaired) electrons. The molecule has 1 saturated carbocycles. The van der Waals surface area contributed by atoms with Gasteiger partial charge in [-0.15, -0.1) is 0 Å². The van der Waals surface area contributed by atoms with Crippen molar-refractivity contribution in [3.05, 3.63) is 0 Å². The molecule has 0 aromatic rings. The van der Waals surface area contributed by atoms with E-state index in [-0.39, 0.29) is 0 Å². The van der Waals surface area contributed by atoms with Crippen molar-refractivity contribution in [1.29, 1.82) is 0 Å². The SMILES string of the molecule is CC1(C)CCC[C@@H]1NCC1CCS(=O)(=O)CC1. The molecular formula is C13H25NO2S. The smallest absolute Gasteiger partial charge is 0.150 e. The van der Waals surface area contributed by atoms with Gasteiger partial charge >= 0.3 is 0 Å². The Bertz CT molecular complexity index is 348. The molecule has 0 unspecified atom stereocenters. The summed E-state index contributed by atoms with van der Waals surface area (Å²) in [7, 11) is -2.70. The Morgan fingerprint density at radius 2 is 1.82 bits per heavy atom. The van der Waals surface area contributed by atoms with Crippen LogP contribution in [0.2, 0.25) is 0 Å². The van der Waals surface area contributed by atoms with Crippen LogP contribution >= 0.6 is 0 Å². The summed E-state index contributed by atoms with van der Waals surface area (Å²) < 4.78 is 22.7. The highest BCUT2D eigenvalue weighted by Crippen LogP contribution is 2.37. The lowest BCUT2D eigenvalue weighted by atomic mass is 9.87. The van der Waals surface area contributed by atoms with E-state index >= 15 is 0 Å². The molecule has 1 heterocycles. The van der Waals surface area contributed by atoms with E-state index in [2.05, 4.69) is 19.2 Å². The molecule has 1 N–H and O–H groups in total. The Hall–Kier alpha value is -0.0900. The number of hydrogen-bond donors (Lipinski definition) is 1. The van der Waals surface area contributed by atoms with E-state index in [0.717, 1.165) is 19.4 Å². The van der Waals surface area contributed by atoms with Crippen molar-refractivity contribution in [2.75, 3.05) is 18.1 Å². The molecule has 0 bridgehead atoms. The Morgan fingerprint density at radius 1 is 1.18 bits per heavy atom. The molecule has 0 amide bonds. The first-order chi connectivity index (χ1) is 7.89. The Morgan fingerprint density at radius 3 is 2.35 bits per heavy atom. The molecule has 3 nitrogen and oxygen atoms in total. The zero-order chi connectivity index (χ0) is 12.5. The number of sulfone groups is 1. The van der Waals surface area contributed by atoms with Gasteiger partial charge in [-0.25, -0.2) is 8.42 Å². The lowest BCUT2D eigenvalue weighted by Gasteiger charge is -2.30. The summed E-state index contributed by atoms with van der Waals surface area (Å²) in [6.07, 6.45) is 5.61. The van der Waals surface area contributed by atoms with Crippen LogP contribution in [0.25, 0.3) is 0 Å². The average molecular weight is 259 g/mol. The summed E-state index contributed by atoms with van der Waals surface area (Å²) in [6, 6.07) is 0.626.